The first-order valence-corrected chi connectivity index (χ1v) is 7.78. The van der Waals surface area contributed by atoms with Crippen molar-refractivity contribution in [2.45, 2.75) is 38.5 Å². The maximum absolute atomic E-state index is 6.20. The molecule has 1 aromatic carbocycles. The van der Waals surface area contributed by atoms with Crippen LogP contribution in [0.1, 0.15) is 44.1 Å². The number of hydrogen-bond donors (Lipinski definition) is 2. The number of hydrogen-bond acceptors (Lipinski definition) is 2. The van der Waals surface area contributed by atoms with Gasteiger partial charge in [0.05, 0.1) is 10.7 Å². The standard InChI is InChI=1S/C15H21ClN2S/c16-13-10-12(15(17)19)7-8-14(13)18-9-3-6-11-4-1-2-5-11/h7-8,10-11,18H,1-6,9H2,(H2,17,19). The van der Waals surface area contributed by atoms with Crippen molar-refractivity contribution in [2.75, 3.05) is 11.9 Å². The molecule has 104 valence electrons. The molecule has 0 aliphatic heterocycles. The third-order valence-electron chi connectivity index (χ3n) is 3.83. The molecule has 1 fully saturated rings. The predicted octanol–water partition coefficient (Wildman–Crippen LogP) is 4.36. The molecule has 19 heavy (non-hydrogen) atoms. The summed E-state index contributed by atoms with van der Waals surface area (Å²) in [6, 6.07) is 5.68. The van der Waals surface area contributed by atoms with Crippen LogP contribution >= 0.6 is 23.8 Å². The number of thiocarbonyl (C=S) groups is 1. The van der Waals surface area contributed by atoms with E-state index in [1.165, 1.54) is 38.5 Å². The molecule has 0 amide bonds. The van der Waals surface area contributed by atoms with Gasteiger partial charge in [0.1, 0.15) is 4.99 Å². The average molecular weight is 297 g/mol. The molecule has 2 rings (SSSR count). The minimum atomic E-state index is 0.384. The number of rotatable bonds is 6. The van der Waals surface area contributed by atoms with E-state index in [0.717, 1.165) is 23.7 Å². The van der Waals surface area contributed by atoms with Crippen LogP contribution in [-0.4, -0.2) is 11.5 Å². The second kappa shape index (κ2) is 7.11. The lowest BCUT2D eigenvalue weighted by Crippen LogP contribution is -2.10. The Kier molecular flexibility index (Phi) is 5.46. The number of nitrogens with one attached hydrogen (secondary N) is 1. The van der Waals surface area contributed by atoms with Gasteiger partial charge in [-0.15, -0.1) is 0 Å². The van der Waals surface area contributed by atoms with Crippen LogP contribution in [0.4, 0.5) is 5.69 Å². The van der Waals surface area contributed by atoms with Gasteiger partial charge in [-0.25, -0.2) is 0 Å². The Morgan fingerprint density at radius 3 is 2.74 bits per heavy atom. The van der Waals surface area contributed by atoms with E-state index in [1.54, 1.807) is 0 Å². The zero-order chi connectivity index (χ0) is 13.7. The minimum absolute atomic E-state index is 0.384. The van der Waals surface area contributed by atoms with Crippen LogP contribution in [0.2, 0.25) is 5.02 Å². The van der Waals surface area contributed by atoms with E-state index in [9.17, 15) is 0 Å². The molecule has 0 spiro atoms. The molecule has 1 saturated carbocycles. The van der Waals surface area contributed by atoms with E-state index in [2.05, 4.69) is 5.32 Å². The number of anilines is 1. The van der Waals surface area contributed by atoms with Crippen LogP contribution in [0.3, 0.4) is 0 Å². The van der Waals surface area contributed by atoms with Crippen LogP contribution in [0.25, 0.3) is 0 Å². The molecule has 2 nitrogen and oxygen atoms in total. The summed E-state index contributed by atoms with van der Waals surface area (Å²) in [6.45, 7) is 0.975. The van der Waals surface area contributed by atoms with E-state index in [-0.39, 0.29) is 0 Å². The first kappa shape index (κ1) is 14.6. The topological polar surface area (TPSA) is 38.0 Å². The van der Waals surface area contributed by atoms with Crippen molar-refractivity contribution in [1.82, 2.24) is 0 Å². The zero-order valence-corrected chi connectivity index (χ0v) is 12.7. The fourth-order valence-electron chi connectivity index (χ4n) is 2.72. The lowest BCUT2D eigenvalue weighted by molar-refractivity contribution is 0.491. The molecular weight excluding hydrogens is 276 g/mol. The molecule has 1 aromatic rings. The van der Waals surface area contributed by atoms with Gasteiger partial charge in [0.25, 0.3) is 0 Å². The van der Waals surface area contributed by atoms with E-state index in [1.807, 2.05) is 18.2 Å². The van der Waals surface area contributed by atoms with Crippen molar-refractivity contribution in [3.63, 3.8) is 0 Å². The molecular formula is C15H21ClN2S. The van der Waals surface area contributed by atoms with Gasteiger partial charge in [-0.05, 0) is 37.0 Å². The predicted molar refractivity (Wildman–Crippen MR) is 87.0 cm³/mol. The van der Waals surface area contributed by atoms with E-state index in [0.29, 0.717) is 10.0 Å². The quantitative estimate of drug-likeness (QED) is 0.605. The van der Waals surface area contributed by atoms with Crippen molar-refractivity contribution in [1.29, 1.82) is 0 Å². The lowest BCUT2D eigenvalue weighted by Gasteiger charge is -2.11. The highest BCUT2D eigenvalue weighted by molar-refractivity contribution is 7.80. The van der Waals surface area contributed by atoms with Gasteiger partial charge in [0.2, 0.25) is 0 Å². The molecule has 0 aromatic heterocycles. The number of benzene rings is 1. The van der Waals surface area contributed by atoms with Gasteiger partial charge >= 0.3 is 0 Å². The van der Waals surface area contributed by atoms with Gasteiger partial charge in [0, 0.05) is 12.1 Å². The zero-order valence-electron chi connectivity index (χ0n) is 11.1. The van der Waals surface area contributed by atoms with Crippen molar-refractivity contribution in [3.05, 3.63) is 28.8 Å². The van der Waals surface area contributed by atoms with Crippen LogP contribution in [-0.2, 0) is 0 Å². The van der Waals surface area contributed by atoms with Crippen molar-refractivity contribution >= 4 is 34.5 Å². The highest BCUT2D eigenvalue weighted by Gasteiger charge is 2.14. The summed E-state index contributed by atoms with van der Waals surface area (Å²) < 4.78 is 0. The third kappa shape index (κ3) is 4.36. The summed E-state index contributed by atoms with van der Waals surface area (Å²) in [6.07, 6.45) is 8.22. The summed E-state index contributed by atoms with van der Waals surface area (Å²) >= 11 is 11.1. The monoisotopic (exact) mass is 296 g/mol. The summed E-state index contributed by atoms with van der Waals surface area (Å²) in [7, 11) is 0. The molecule has 0 saturated heterocycles. The number of halogens is 1. The van der Waals surface area contributed by atoms with Gasteiger partial charge in [-0.3, -0.25) is 0 Å². The fourth-order valence-corrected chi connectivity index (χ4v) is 3.10. The number of nitrogens with two attached hydrogens (primary N) is 1. The molecule has 3 N–H and O–H groups in total. The molecule has 0 unspecified atom stereocenters. The van der Waals surface area contributed by atoms with Crippen LogP contribution in [0, 0.1) is 5.92 Å². The minimum Gasteiger partial charge on any atom is -0.389 e. The Morgan fingerprint density at radius 1 is 1.37 bits per heavy atom. The van der Waals surface area contributed by atoms with E-state index < -0.39 is 0 Å². The fraction of sp³-hybridized carbons (Fsp3) is 0.533. The summed E-state index contributed by atoms with van der Waals surface area (Å²) in [5.41, 5.74) is 7.36. The second-order valence-electron chi connectivity index (χ2n) is 5.28. The SMILES string of the molecule is NC(=S)c1ccc(NCCCC2CCCC2)c(Cl)c1. The van der Waals surface area contributed by atoms with Gasteiger partial charge in [0.15, 0.2) is 0 Å². The molecule has 0 radical (unpaired) electrons. The maximum Gasteiger partial charge on any atom is 0.104 e. The lowest BCUT2D eigenvalue weighted by atomic mass is 10.0. The normalized spacial score (nSPS) is 15.6. The largest absolute Gasteiger partial charge is 0.389 e. The highest BCUT2D eigenvalue weighted by Crippen LogP contribution is 2.28. The molecule has 1 aliphatic carbocycles. The van der Waals surface area contributed by atoms with Crippen LogP contribution in [0.5, 0.6) is 0 Å². The molecule has 0 heterocycles. The Labute approximate surface area is 125 Å². The van der Waals surface area contributed by atoms with Crippen LogP contribution in [0.15, 0.2) is 18.2 Å². The van der Waals surface area contributed by atoms with Gasteiger partial charge < -0.3 is 11.1 Å². The Balaban J connectivity index is 1.77. The van der Waals surface area contributed by atoms with Gasteiger partial charge in [-0.2, -0.15) is 0 Å². The first-order valence-electron chi connectivity index (χ1n) is 7.00. The van der Waals surface area contributed by atoms with Gasteiger partial charge in [-0.1, -0.05) is 49.5 Å². The Bertz CT molecular complexity index is 442. The summed E-state index contributed by atoms with van der Waals surface area (Å²) in [5.74, 6) is 0.953. The molecule has 0 atom stereocenters. The third-order valence-corrected chi connectivity index (χ3v) is 4.38. The molecule has 0 bridgehead atoms. The van der Waals surface area contributed by atoms with Crippen molar-refractivity contribution < 1.29 is 0 Å². The average Bonchev–Trinajstić information content (AvgIpc) is 2.89. The molecule has 4 heteroatoms. The van der Waals surface area contributed by atoms with E-state index >= 15 is 0 Å². The molecule has 1 aliphatic rings. The highest BCUT2D eigenvalue weighted by atomic mass is 35.5. The summed E-state index contributed by atoms with van der Waals surface area (Å²) in [5, 5.41) is 4.07. The Hall–Kier alpha value is -0.800. The van der Waals surface area contributed by atoms with Crippen LogP contribution < -0.4 is 11.1 Å². The smallest absolute Gasteiger partial charge is 0.104 e. The van der Waals surface area contributed by atoms with Crippen molar-refractivity contribution in [2.24, 2.45) is 11.7 Å². The first-order chi connectivity index (χ1) is 9.16. The van der Waals surface area contributed by atoms with Crippen molar-refractivity contribution in [3.8, 4) is 0 Å². The summed E-state index contributed by atoms with van der Waals surface area (Å²) in [4.78, 5) is 0.384. The Morgan fingerprint density at radius 2 is 2.11 bits per heavy atom. The van der Waals surface area contributed by atoms with E-state index in [4.69, 9.17) is 29.6 Å². The second-order valence-corrected chi connectivity index (χ2v) is 6.13. The maximum atomic E-state index is 6.20.